The van der Waals surface area contributed by atoms with E-state index in [4.69, 9.17) is 32.3 Å². The number of hydrogen-bond acceptors (Lipinski definition) is 14. The Morgan fingerprint density at radius 3 is 0.819 bits per heavy atom. The molecule has 0 aliphatic carbocycles. The van der Waals surface area contributed by atoms with Crippen molar-refractivity contribution >= 4 is 33.6 Å². The van der Waals surface area contributed by atoms with Gasteiger partial charge in [-0.3, -0.25) is 32.5 Å². The molecule has 5 unspecified atom stereocenters. The van der Waals surface area contributed by atoms with E-state index in [9.17, 15) is 43.5 Å². The van der Waals surface area contributed by atoms with E-state index in [0.717, 1.165) is 173 Å². The van der Waals surface area contributed by atoms with Gasteiger partial charge in [0.05, 0.1) is 26.4 Å². The number of rotatable bonds is 74. The molecule has 0 amide bonds. The molecule has 0 fully saturated rings. The SMILES string of the molecule is CC/C=C\C/C=C\C/C=C\C/C=C\C/C=C\C/C=C\CCCCC(=O)OC(COC(=O)CCCCCCCCC/C=C\C/C=C\C/C=C\C/C=C\CCCCC)COP(=O)(O)OCC(O)COP(=O)(O)OCC(O)COC(=O)CCCCCCCCCCC/C=C\C/C=C\C/C=C\C/C=C\C/C=C\CC. The fourth-order valence-corrected chi connectivity index (χ4v) is 11.6. The lowest BCUT2D eigenvalue weighted by Crippen LogP contribution is -2.30. The highest BCUT2D eigenvalue weighted by Crippen LogP contribution is 2.45. The predicted octanol–water partition coefficient (Wildman–Crippen LogP) is 23.8. The van der Waals surface area contributed by atoms with Gasteiger partial charge in [0.25, 0.3) is 0 Å². The summed E-state index contributed by atoms with van der Waals surface area (Å²) in [6.07, 6.45) is 101. The maximum absolute atomic E-state index is 13.0. The summed E-state index contributed by atoms with van der Waals surface area (Å²) < 4.78 is 61.2. The van der Waals surface area contributed by atoms with Crippen molar-refractivity contribution in [1.82, 2.24) is 0 Å². The lowest BCUT2D eigenvalue weighted by atomic mass is 10.1. The van der Waals surface area contributed by atoms with E-state index >= 15 is 0 Å². The Balaban J connectivity index is 4.75. The van der Waals surface area contributed by atoms with Crippen molar-refractivity contribution in [3.8, 4) is 0 Å². The van der Waals surface area contributed by atoms with Crippen molar-refractivity contribution in [1.29, 1.82) is 0 Å². The smallest absolute Gasteiger partial charge is 0.463 e. The van der Waals surface area contributed by atoms with Crippen LogP contribution in [0.3, 0.4) is 0 Å². The highest BCUT2D eigenvalue weighted by Gasteiger charge is 2.29. The fourth-order valence-electron chi connectivity index (χ4n) is 10.1. The van der Waals surface area contributed by atoms with Crippen LogP contribution < -0.4 is 0 Å². The van der Waals surface area contributed by atoms with Gasteiger partial charge in [0.2, 0.25) is 0 Å². The number of hydrogen-bond donors (Lipinski definition) is 4. The minimum Gasteiger partial charge on any atom is -0.463 e. The van der Waals surface area contributed by atoms with Crippen LogP contribution in [0.1, 0.15) is 290 Å². The van der Waals surface area contributed by atoms with Gasteiger partial charge in [-0.1, -0.05) is 293 Å². The van der Waals surface area contributed by atoms with E-state index in [1.54, 1.807) is 0 Å². The van der Waals surface area contributed by atoms with Crippen LogP contribution in [0, 0.1) is 0 Å². The third-order valence-corrected chi connectivity index (χ3v) is 18.0. The van der Waals surface area contributed by atoms with Crippen molar-refractivity contribution in [2.45, 2.75) is 309 Å². The van der Waals surface area contributed by atoms with Gasteiger partial charge >= 0.3 is 33.6 Å². The Labute approximate surface area is 636 Å². The number of phosphoric ester groups is 2. The van der Waals surface area contributed by atoms with E-state index in [1.807, 2.05) is 0 Å². The lowest BCUT2D eigenvalue weighted by molar-refractivity contribution is -0.161. The second kappa shape index (κ2) is 78.2. The van der Waals surface area contributed by atoms with E-state index < -0.39 is 91.5 Å². The van der Waals surface area contributed by atoms with Crippen molar-refractivity contribution in [3.63, 3.8) is 0 Å². The molecule has 0 radical (unpaired) electrons. The highest BCUT2D eigenvalue weighted by atomic mass is 31.2. The number of carbonyl (C=O) groups excluding carboxylic acids is 3. The zero-order chi connectivity index (χ0) is 76.6. The molecule has 0 aromatic carbocycles. The Hall–Kier alpha value is -5.35. The molecule has 18 heteroatoms. The molecule has 16 nitrogen and oxygen atoms in total. The number of allylic oxidation sites excluding steroid dienone is 30. The first kappa shape index (κ1) is 99.7. The van der Waals surface area contributed by atoms with Crippen molar-refractivity contribution < 1.29 is 75.8 Å². The molecule has 5 atom stereocenters. The van der Waals surface area contributed by atoms with Gasteiger partial charge in [0.15, 0.2) is 6.10 Å². The van der Waals surface area contributed by atoms with Gasteiger partial charge < -0.3 is 34.2 Å². The minimum atomic E-state index is -4.96. The average molecular weight is 1510 g/mol. The third kappa shape index (κ3) is 79.5. The largest absolute Gasteiger partial charge is 0.472 e. The summed E-state index contributed by atoms with van der Waals surface area (Å²) in [6.45, 7) is 2.34. The number of ether oxygens (including phenoxy) is 3. The van der Waals surface area contributed by atoms with Gasteiger partial charge in [0, 0.05) is 19.3 Å². The minimum absolute atomic E-state index is 0.0396. The molecule has 4 N–H and O–H groups in total. The van der Waals surface area contributed by atoms with Crippen LogP contribution in [0.2, 0.25) is 0 Å². The van der Waals surface area contributed by atoms with Crippen LogP contribution in [0.15, 0.2) is 182 Å². The van der Waals surface area contributed by atoms with Gasteiger partial charge in [-0.05, 0) is 161 Å². The monoisotopic (exact) mass is 1500 g/mol. The summed E-state index contributed by atoms with van der Waals surface area (Å²) in [5, 5.41) is 20.7. The van der Waals surface area contributed by atoms with E-state index in [-0.39, 0.29) is 19.3 Å². The van der Waals surface area contributed by atoms with Crippen LogP contribution >= 0.6 is 15.6 Å². The van der Waals surface area contributed by atoms with Crippen LogP contribution in [0.5, 0.6) is 0 Å². The molecule has 0 spiro atoms. The maximum atomic E-state index is 13.0. The fraction of sp³-hybridized carbons (Fsp3) is 0.621. The molecular formula is C87H142O16P2. The Morgan fingerprint density at radius 1 is 0.276 bits per heavy atom. The van der Waals surface area contributed by atoms with Crippen LogP contribution in [0.25, 0.3) is 0 Å². The predicted molar refractivity (Wildman–Crippen MR) is 435 cm³/mol. The van der Waals surface area contributed by atoms with Gasteiger partial charge in [0.1, 0.15) is 25.4 Å². The van der Waals surface area contributed by atoms with Gasteiger partial charge in [-0.2, -0.15) is 0 Å². The zero-order valence-corrected chi connectivity index (χ0v) is 66.9. The summed E-state index contributed by atoms with van der Waals surface area (Å²) in [5.41, 5.74) is 0. The van der Waals surface area contributed by atoms with E-state index in [1.165, 1.54) is 51.4 Å². The van der Waals surface area contributed by atoms with Crippen LogP contribution in [-0.2, 0) is 55.8 Å². The summed E-state index contributed by atoms with van der Waals surface area (Å²) in [5.74, 6) is -1.65. The van der Waals surface area contributed by atoms with Crippen LogP contribution in [0.4, 0.5) is 0 Å². The molecular weight excluding hydrogens is 1360 g/mol. The number of esters is 3. The number of aliphatic hydroxyl groups excluding tert-OH is 2. The Bertz CT molecular complexity index is 2640. The second-order valence-corrected chi connectivity index (χ2v) is 29.0. The number of carbonyl (C=O) groups is 3. The number of aliphatic hydroxyl groups is 2. The Kier molecular flexibility index (Phi) is 74.3. The molecule has 0 rings (SSSR count). The topological polar surface area (TPSA) is 231 Å². The van der Waals surface area contributed by atoms with Gasteiger partial charge in [-0.15, -0.1) is 0 Å². The molecule has 0 bridgehead atoms. The standard InChI is InChI=1S/C87H142O16P2/c1-4-7-10-13-16-19-22-25-28-31-34-37-39-40-42-45-46-49-52-55-58-61-64-67-70-73-85(90)97-76-82(88)77-99-104(93,94)100-78-83(89)79-101-105(95,96)102-81-84(103-87(92)75-72-69-66-63-60-57-54-51-48-43-36-33-30-27-24-21-18-15-12-9-6-3)80-98-86(91)74-71-68-65-62-59-56-53-50-47-44-41-38-35-32-29-26-23-20-17-14-11-8-5-2/h7,9-10,12,16-21,25-30,34-38,40,42-44,47,51,54,60,63,82-84,88-89H,4-6,8,11,13-15,22-24,31-33,39,41,45-46,48-50,52-53,55-59,61-62,64-81H2,1-3H3,(H,93,94)(H,95,96)/b10-7-,12-9-,19-16-,20-17-,21-18-,28-25-,29-26-,30-27-,37-34-,38-35-,42-40-,43-36-,47-44-,54-51-,63-60-. The Morgan fingerprint density at radius 2 is 0.505 bits per heavy atom. The second-order valence-electron chi connectivity index (χ2n) is 26.1. The van der Waals surface area contributed by atoms with E-state index in [2.05, 4.69) is 203 Å². The van der Waals surface area contributed by atoms with Crippen molar-refractivity contribution in [3.05, 3.63) is 182 Å². The summed E-state index contributed by atoms with van der Waals surface area (Å²) in [4.78, 5) is 58.7. The highest BCUT2D eigenvalue weighted by molar-refractivity contribution is 7.47. The zero-order valence-electron chi connectivity index (χ0n) is 65.1. The maximum Gasteiger partial charge on any atom is 0.472 e. The molecule has 0 saturated heterocycles. The molecule has 105 heavy (non-hydrogen) atoms. The van der Waals surface area contributed by atoms with Crippen molar-refractivity contribution in [2.24, 2.45) is 0 Å². The summed E-state index contributed by atoms with van der Waals surface area (Å²) >= 11 is 0. The van der Waals surface area contributed by atoms with E-state index in [0.29, 0.717) is 25.7 Å². The molecule has 0 aromatic heterocycles. The molecule has 0 aliphatic rings. The van der Waals surface area contributed by atoms with Crippen molar-refractivity contribution in [2.75, 3.05) is 39.6 Å². The normalized spacial score (nSPS) is 14.9. The molecule has 0 heterocycles. The first-order valence-electron chi connectivity index (χ1n) is 40.1. The quantitative estimate of drug-likeness (QED) is 0.0146. The van der Waals surface area contributed by atoms with Gasteiger partial charge in [-0.25, -0.2) is 9.13 Å². The molecule has 0 saturated carbocycles. The number of unbranched alkanes of at least 4 members (excludes halogenated alkanes) is 21. The first-order valence-corrected chi connectivity index (χ1v) is 43.1. The molecule has 0 aliphatic heterocycles. The lowest BCUT2D eigenvalue weighted by Gasteiger charge is -2.21. The summed E-state index contributed by atoms with van der Waals surface area (Å²) in [6, 6.07) is 0. The first-order chi connectivity index (χ1) is 51.2. The number of phosphoric acid groups is 2. The summed E-state index contributed by atoms with van der Waals surface area (Å²) in [7, 11) is -9.83. The molecule has 596 valence electrons. The molecule has 0 aromatic rings. The average Bonchev–Trinajstić information content (AvgIpc) is 0.922. The van der Waals surface area contributed by atoms with Crippen LogP contribution in [-0.4, -0.2) is 95.9 Å². The third-order valence-electron chi connectivity index (χ3n) is 16.1.